The molecular weight excluding hydrogens is 222 g/mol. The molecule has 0 spiro atoms. The van der Waals surface area contributed by atoms with Crippen molar-refractivity contribution >= 4 is 0 Å². The summed E-state index contributed by atoms with van der Waals surface area (Å²) in [6.45, 7) is 5.41. The molecule has 18 heavy (non-hydrogen) atoms. The van der Waals surface area contributed by atoms with Crippen molar-refractivity contribution in [3.05, 3.63) is 24.3 Å². The predicted octanol–water partition coefficient (Wildman–Crippen LogP) is 3.88. The Morgan fingerprint density at radius 1 is 1.00 bits per heavy atom. The second-order valence-corrected chi connectivity index (χ2v) is 4.84. The molecule has 0 radical (unpaired) electrons. The Labute approximate surface area is 111 Å². The van der Waals surface area contributed by atoms with Crippen LogP contribution in [-0.2, 0) is 0 Å². The molecule has 1 rings (SSSR count). The largest absolute Gasteiger partial charge is 0.310 e. The van der Waals surface area contributed by atoms with Gasteiger partial charge in [-0.1, -0.05) is 52.4 Å². The van der Waals surface area contributed by atoms with E-state index in [2.05, 4.69) is 29.1 Å². The number of nitrogens with one attached hydrogen (secondary N) is 1. The SMILES string of the molecule is CCCCCCCCC(NCC)c1cncnc1. The van der Waals surface area contributed by atoms with Crippen LogP contribution >= 0.6 is 0 Å². The zero-order valence-electron chi connectivity index (χ0n) is 11.9. The molecule has 1 N–H and O–H groups in total. The minimum atomic E-state index is 0.419. The lowest BCUT2D eigenvalue weighted by atomic mass is 10.0. The molecule has 1 aromatic heterocycles. The molecule has 3 heteroatoms. The Hall–Kier alpha value is -0.960. The van der Waals surface area contributed by atoms with Crippen LogP contribution in [0.15, 0.2) is 18.7 Å². The van der Waals surface area contributed by atoms with Crippen LogP contribution in [0.25, 0.3) is 0 Å². The topological polar surface area (TPSA) is 37.8 Å². The lowest BCUT2D eigenvalue weighted by molar-refractivity contribution is 0.475. The van der Waals surface area contributed by atoms with Gasteiger partial charge in [-0.2, -0.15) is 0 Å². The van der Waals surface area contributed by atoms with Crippen LogP contribution in [0.4, 0.5) is 0 Å². The smallest absolute Gasteiger partial charge is 0.115 e. The van der Waals surface area contributed by atoms with Gasteiger partial charge < -0.3 is 5.32 Å². The number of hydrogen-bond donors (Lipinski definition) is 1. The van der Waals surface area contributed by atoms with Crippen LogP contribution in [0.5, 0.6) is 0 Å². The highest BCUT2D eigenvalue weighted by Gasteiger charge is 2.09. The highest BCUT2D eigenvalue weighted by molar-refractivity contribution is 5.08. The van der Waals surface area contributed by atoms with E-state index in [0.717, 1.165) is 6.54 Å². The monoisotopic (exact) mass is 249 g/mol. The van der Waals surface area contributed by atoms with Crippen LogP contribution in [0.1, 0.15) is 70.4 Å². The van der Waals surface area contributed by atoms with Crippen LogP contribution in [0, 0.1) is 0 Å². The fourth-order valence-corrected chi connectivity index (χ4v) is 2.25. The van der Waals surface area contributed by atoms with Gasteiger partial charge in [-0.15, -0.1) is 0 Å². The predicted molar refractivity (Wildman–Crippen MR) is 76.4 cm³/mol. The number of hydrogen-bond acceptors (Lipinski definition) is 3. The van der Waals surface area contributed by atoms with E-state index in [0.29, 0.717) is 6.04 Å². The van der Waals surface area contributed by atoms with E-state index >= 15 is 0 Å². The van der Waals surface area contributed by atoms with Crippen molar-refractivity contribution in [3.8, 4) is 0 Å². The van der Waals surface area contributed by atoms with Gasteiger partial charge >= 0.3 is 0 Å². The summed E-state index contributed by atoms with van der Waals surface area (Å²) < 4.78 is 0. The maximum atomic E-state index is 4.11. The van der Waals surface area contributed by atoms with Gasteiger partial charge in [0, 0.05) is 24.0 Å². The summed E-state index contributed by atoms with van der Waals surface area (Å²) >= 11 is 0. The third-order valence-corrected chi connectivity index (χ3v) is 3.28. The fourth-order valence-electron chi connectivity index (χ4n) is 2.25. The molecule has 0 aliphatic rings. The van der Waals surface area contributed by atoms with E-state index in [-0.39, 0.29) is 0 Å². The van der Waals surface area contributed by atoms with Crippen molar-refractivity contribution in [2.24, 2.45) is 0 Å². The standard InChI is InChI=1S/C15H27N3/c1-3-5-6-7-8-9-10-15(18-4-2)14-11-16-13-17-12-14/h11-13,15,18H,3-10H2,1-2H3. The van der Waals surface area contributed by atoms with Gasteiger partial charge in [-0.3, -0.25) is 0 Å². The maximum Gasteiger partial charge on any atom is 0.115 e. The van der Waals surface area contributed by atoms with Gasteiger partial charge in [0.05, 0.1) is 0 Å². The van der Waals surface area contributed by atoms with Crippen molar-refractivity contribution in [2.75, 3.05) is 6.54 Å². The van der Waals surface area contributed by atoms with Gasteiger partial charge in [0.25, 0.3) is 0 Å². The lowest BCUT2D eigenvalue weighted by Gasteiger charge is -2.17. The van der Waals surface area contributed by atoms with E-state index in [1.54, 1.807) is 6.33 Å². The van der Waals surface area contributed by atoms with Crippen molar-refractivity contribution in [2.45, 2.75) is 64.8 Å². The molecule has 1 atom stereocenters. The summed E-state index contributed by atoms with van der Waals surface area (Å²) in [5.41, 5.74) is 1.22. The number of nitrogens with zero attached hydrogens (tertiary/aromatic N) is 2. The average molecular weight is 249 g/mol. The molecule has 0 fully saturated rings. The van der Waals surface area contributed by atoms with Crippen molar-refractivity contribution in [1.29, 1.82) is 0 Å². The third kappa shape index (κ3) is 6.10. The number of aromatic nitrogens is 2. The quantitative estimate of drug-likeness (QED) is 0.639. The van der Waals surface area contributed by atoms with E-state index < -0.39 is 0 Å². The zero-order chi connectivity index (χ0) is 13.1. The first-order valence-corrected chi connectivity index (χ1v) is 7.36. The first kappa shape index (κ1) is 15.1. The zero-order valence-corrected chi connectivity index (χ0v) is 11.9. The van der Waals surface area contributed by atoms with E-state index in [1.165, 1.54) is 50.5 Å². The minimum Gasteiger partial charge on any atom is -0.310 e. The molecule has 0 aliphatic heterocycles. The second kappa shape index (κ2) is 10.0. The summed E-state index contributed by atoms with van der Waals surface area (Å²) in [5, 5.41) is 3.52. The van der Waals surface area contributed by atoms with Gasteiger partial charge in [-0.05, 0) is 13.0 Å². The highest BCUT2D eigenvalue weighted by atomic mass is 14.9. The normalized spacial score (nSPS) is 12.6. The molecule has 1 heterocycles. The van der Waals surface area contributed by atoms with E-state index in [9.17, 15) is 0 Å². The fraction of sp³-hybridized carbons (Fsp3) is 0.733. The van der Waals surface area contributed by atoms with Gasteiger partial charge in [0.2, 0.25) is 0 Å². The number of rotatable bonds is 10. The summed E-state index contributed by atoms with van der Waals surface area (Å²) in [5.74, 6) is 0. The molecule has 0 saturated heterocycles. The summed E-state index contributed by atoms with van der Waals surface area (Å²) in [6, 6.07) is 0.419. The molecule has 102 valence electrons. The van der Waals surface area contributed by atoms with Gasteiger partial charge in [0.1, 0.15) is 6.33 Å². The average Bonchev–Trinajstić information content (AvgIpc) is 2.42. The molecule has 0 amide bonds. The van der Waals surface area contributed by atoms with E-state index in [4.69, 9.17) is 0 Å². The Bertz CT molecular complexity index is 287. The molecule has 0 aliphatic carbocycles. The van der Waals surface area contributed by atoms with Crippen LogP contribution in [0.2, 0.25) is 0 Å². The van der Waals surface area contributed by atoms with Crippen LogP contribution in [-0.4, -0.2) is 16.5 Å². The van der Waals surface area contributed by atoms with Crippen molar-refractivity contribution < 1.29 is 0 Å². The highest BCUT2D eigenvalue weighted by Crippen LogP contribution is 2.19. The number of unbranched alkanes of at least 4 members (excludes halogenated alkanes) is 5. The first-order chi connectivity index (χ1) is 8.88. The maximum absolute atomic E-state index is 4.11. The first-order valence-electron chi connectivity index (χ1n) is 7.36. The second-order valence-electron chi connectivity index (χ2n) is 4.84. The molecule has 1 unspecified atom stereocenters. The third-order valence-electron chi connectivity index (χ3n) is 3.28. The molecule has 0 bridgehead atoms. The molecular formula is C15H27N3. The molecule has 3 nitrogen and oxygen atoms in total. The molecule has 0 saturated carbocycles. The Morgan fingerprint density at radius 2 is 1.67 bits per heavy atom. The van der Waals surface area contributed by atoms with Gasteiger partial charge in [0.15, 0.2) is 0 Å². The lowest BCUT2D eigenvalue weighted by Crippen LogP contribution is -2.21. The van der Waals surface area contributed by atoms with Crippen molar-refractivity contribution in [1.82, 2.24) is 15.3 Å². The van der Waals surface area contributed by atoms with Gasteiger partial charge in [-0.25, -0.2) is 9.97 Å². The molecule has 1 aromatic rings. The minimum absolute atomic E-state index is 0.419. The molecule has 0 aromatic carbocycles. The van der Waals surface area contributed by atoms with Crippen molar-refractivity contribution in [3.63, 3.8) is 0 Å². The van der Waals surface area contributed by atoms with Crippen LogP contribution < -0.4 is 5.32 Å². The van der Waals surface area contributed by atoms with E-state index in [1.807, 2.05) is 12.4 Å². The summed E-state index contributed by atoms with van der Waals surface area (Å²) in [6.07, 6.45) is 14.7. The Balaban J connectivity index is 2.26. The Kier molecular flexibility index (Phi) is 8.40. The Morgan fingerprint density at radius 3 is 2.33 bits per heavy atom. The van der Waals surface area contributed by atoms with Crippen LogP contribution in [0.3, 0.4) is 0 Å². The summed E-state index contributed by atoms with van der Waals surface area (Å²) in [4.78, 5) is 8.21. The summed E-state index contributed by atoms with van der Waals surface area (Å²) in [7, 11) is 0.